The summed E-state index contributed by atoms with van der Waals surface area (Å²) in [5.41, 5.74) is 8.88. The van der Waals surface area contributed by atoms with Gasteiger partial charge in [-0.1, -0.05) is 30.3 Å². The topological polar surface area (TPSA) is 59.1 Å². The third-order valence-corrected chi connectivity index (χ3v) is 2.65. The average Bonchev–Trinajstić information content (AvgIpc) is 2.40. The monoisotopic (exact) mass is 264 g/mol. The molecular formula is C14H17ClN2O. The highest BCUT2D eigenvalue weighted by atomic mass is 35.5. The maximum Gasteiger partial charge on any atom is 0.0701 e. The van der Waals surface area contributed by atoms with E-state index >= 15 is 0 Å². The van der Waals surface area contributed by atoms with Crippen LogP contribution in [0.25, 0.3) is 11.3 Å². The van der Waals surface area contributed by atoms with Gasteiger partial charge < -0.3 is 10.8 Å². The van der Waals surface area contributed by atoms with E-state index in [0.29, 0.717) is 6.42 Å². The molecule has 2 aromatic rings. The molecule has 0 radical (unpaired) electrons. The number of benzene rings is 1. The van der Waals surface area contributed by atoms with E-state index in [4.69, 9.17) is 10.8 Å². The summed E-state index contributed by atoms with van der Waals surface area (Å²) in [7, 11) is 0. The maximum absolute atomic E-state index is 8.89. The zero-order chi connectivity index (χ0) is 12.1. The van der Waals surface area contributed by atoms with E-state index in [1.807, 2.05) is 42.5 Å². The molecule has 3 nitrogen and oxygen atoms in total. The Balaban J connectivity index is 0.00000162. The lowest BCUT2D eigenvalue weighted by Crippen LogP contribution is -2.26. The Morgan fingerprint density at radius 1 is 1.11 bits per heavy atom. The van der Waals surface area contributed by atoms with E-state index in [2.05, 4.69) is 4.98 Å². The standard InChI is InChI=1S/C14H16N2O.ClH/c15-13(10-17)9-11-4-6-12(7-5-11)14-3-1-2-8-16-14;/h1-8,13,17H,9-10,15H2;1H. The van der Waals surface area contributed by atoms with Crippen molar-refractivity contribution in [2.75, 3.05) is 6.61 Å². The van der Waals surface area contributed by atoms with Crippen molar-refractivity contribution < 1.29 is 5.11 Å². The summed E-state index contributed by atoms with van der Waals surface area (Å²) in [5, 5.41) is 8.89. The van der Waals surface area contributed by atoms with Crippen molar-refractivity contribution in [2.24, 2.45) is 5.73 Å². The first-order valence-corrected chi connectivity index (χ1v) is 5.66. The Morgan fingerprint density at radius 2 is 1.83 bits per heavy atom. The molecule has 0 spiro atoms. The van der Waals surface area contributed by atoms with Crippen LogP contribution in [0.5, 0.6) is 0 Å². The molecule has 3 N–H and O–H groups in total. The number of hydrogen-bond donors (Lipinski definition) is 2. The second-order valence-corrected chi connectivity index (χ2v) is 4.06. The van der Waals surface area contributed by atoms with Crippen molar-refractivity contribution in [3.63, 3.8) is 0 Å². The van der Waals surface area contributed by atoms with Crippen LogP contribution in [-0.2, 0) is 6.42 Å². The lowest BCUT2D eigenvalue weighted by molar-refractivity contribution is 0.265. The van der Waals surface area contributed by atoms with Gasteiger partial charge in [0.2, 0.25) is 0 Å². The van der Waals surface area contributed by atoms with Crippen LogP contribution in [0.15, 0.2) is 48.7 Å². The molecule has 0 fully saturated rings. The Bertz CT molecular complexity index is 459. The van der Waals surface area contributed by atoms with Gasteiger partial charge in [0.25, 0.3) is 0 Å². The fourth-order valence-corrected chi connectivity index (χ4v) is 1.71. The van der Waals surface area contributed by atoms with Gasteiger partial charge in [0.1, 0.15) is 0 Å². The second-order valence-electron chi connectivity index (χ2n) is 4.06. The van der Waals surface area contributed by atoms with Crippen LogP contribution in [0, 0.1) is 0 Å². The number of nitrogens with two attached hydrogens (primary N) is 1. The minimum atomic E-state index is -0.185. The van der Waals surface area contributed by atoms with E-state index in [1.165, 1.54) is 0 Å². The van der Waals surface area contributed by atoms with Crippen molar-refractivity contribution in [1.29, 1.82) is 0 Å². The van der Waals surface area contributed by atoms with Gasteiger partial charge in [0, 0.05) is 17.8 Å². The predicted molar refractivity (Wildman–Crippen MR) is 75.7 cm³/mol. The molecule has 4 heteroatoms. The average molecular weight is 265 g/mol. The number of aromatic nitrogens is 1. The van der Waals surface area contributed by atoms with Crippen molar-refractivity contribution in [3.05, 3.63) is 54.2 Å². The minimum absolute atomic E-state index is 0. The molecule has 1 aromatic heterocycles. The number of rotatable bonds is 4. The van der Waals surface area contributed by atoms with Crippen molar-refractivity contribution in [1.82, 2.24) is 4.98 Å². The molecule has 96 valence electrons. The van der Waals surface area contributed by atoms with Crippen molar-refractivity contribution >= 4 is 12.4 Å². The van der Waals surface area contributed by atoms with E-state index in [0.717, 1.165) is 16.8 Å². The zero-order valence-electron chi connectivity index (χ0n) is 9.99. The maximum atomic E-state index is 8.89. The summed E-state index contributed by atoms with van der Waals surface area (Å²) in [4.78, 5) is 4.29. The lowest BCUT2D eigenvalue weighted by Gasteiger charge is -2.08. The smallest absolute Gasteiger partial charge is 0.0701 e. The molecule has 0 aliphatic rings. The molecular weight excluding hydrogens is 248 g/mol. The molecule has 1 unspecified atom stereocenters. The Hall–Kier alpha value is -1.42. The summed E-state index contributed by atoms with van der Waals surface area (Å²) in [5.74, 6) is 0. The SMILES string of the molecule is Cl.NC(CO)Cc1ccc(-c2ccccn2)cc1. The molecule has 1 heterocycles. The first kappa shape index (κ1) is 14.6. The Morgan fingerprint density at radius 3 is 2.39 bits per heavy atom. The molecule has 0 saturated heterocycles. The fourth-order valence-electron chi connectivity index (χ4n) is 1.71. The Kier molecular flexibility index (Phi) is 5.78. The molecule has 0 aliphatic carbocycles. The predicted octanol–water partition coefficient (Wildman–Crippen LogP) is 2.03. The summed E-state index contributed by atoms with van der Waals surface area (Å²) >= 11 is 0. The first-order valence-electron chi connectivity index (χ1n) is 5.66. The fraction of sp³-hybridized carbons (Fsp3) is 0.214. The molecule has 0 aliphatic heterocycles. The van der Waals surface area contributed by atoms with Gasteiger partial charge in [0.05, 0.1) is 12.3 Å². The van der Waals surface area contributed by atoms with Gasteiger partial charge in [-0.2, -0.15) is 0 Å². The van der Waals surface area contributed by atoms with Crippen molar-refractivity contribution in [2.45, 2.75) is 12.5 Å². The number of nitrogens with zero attached hydrogens (tertiary/aromatic N) is 1. The summed E-state index contributed by atoms with van der Waals surface area (Å²) in [6, 6.07) is 13.8. The third kappa shape index (κ3) is 3.81. The second kappa shape index (κ2) is 7.11. The van der Waals surface area contributed by atoms with Gasteiger partial charge in [-0.25, -0.2) is 0 Å². The van der Waals surface area contributed by atoms with Crippen LogP contribution in [-0.4, -0.2) is 22.7 Å². The van der Waals surface area contributed by atoms with E-state index in [9.17, 15) is 0 Å². The van der Waals surface area contributed by atoms with Gasteiger partial charge in [-0.3, -0.25) is 4.98 Å². The number of aliphatic hydroxyl groups excluding tert-OH is 1. The van der Waals surface area contributed by atoms with Gasteiger partial charge in [-0.05, 0) is 24.1 Å². The minimum Gasteiger partial charge on any atom is -0.395 e. The van der Waals surface area contributed by atoms with Crippen LogP contribution in [0.4, 0.5) is 0 Å². The molecule has 0 amide bonds. The Labute approximate surface area is 113 Å². The largest absolute Gasteiger partial charge is 0.395 e. The summed E-state index contributed by atoms with van der Waals surface area (Å²) in [6.07, 6.45) is 2.48. The van der Waals surface area contributed by atoms with Crippen LogP contribution in [0.2, 0.25) is 0 Å². The normalized spacial score (nSPS) is 11.7. The number of halogens is 1. The van der Waals surface area contributed by atoms with Crippen LogP contribution < -0.4 is 5.73 Å². The molecule has 1 aromatic carbocycles. The quantitative estimate of drug-likeness (QED) is 0.888. The number of hydrogen-bond acceptors (Lipinski definition) is 3. The molecule has 18 heavy (non-hydrogen) atoms. The third-order valence-electron chi connectivity index (χ3n) is 2.65. The van der Waals surface area contributed by atoms with Gasteiger partial charge in [-0.15, -0.1) is 12.4 Å². The van der Waals surface area contributed by atoms with Crippen LogP contribution in [0.1, 0.15) is 5.56 Å². The lowest BCUT2D eigenvalue weighted by atomic mass is 10.0. The van der Waals surface area contributed by atoms with E-state index in [-0.39, 0.29) is 25.1 Å². The van der Waals surface area contributed by atoms with E-state index in [1.54, 1.807) is 6.20 Å². The van der Waals surface area contributed by atoms with Crippen LogP contribution >= 0.6 is 12.4 Å². The first-order chi connectivity index (χ1) is 8.29. The summed E-state index contributed by atoms with van der Waals surface area (Å²) in [6.45, 7) is 0.0159. The highest BCUT2D eigenvalue weighted by molar-refractivity contribution is 5.85. The number of aliphatic hydroxyl groups is 1. The highest BCUT2D eigenvalue weighted by Crippen LogP contribution is 2.17. The van der Waals surface area contributed by atoms with Gasteiger partial charge in [0.15, 0.2) is 0 Å². The molecule has 2 rings (SSSR count). The van der Waals surface area contributed by atoms with Gasteiger partial charge >= 0.3 is 0 Å². The molecule has 0 saturated carbocycles. The van der Waals surface area contributed by atoms with E-state index < -0.39 is 0 Å². The number of pyridine rings is 1. The molecule has 1 atom stereocenters. The van der Waals surface area contributed by atoms with Crippen molar-refractivity contribution in [3.8, 4) is 11.3 Å². The zero-order valence-corrected chi connectivity index (χ0v) is 10.8. The highest BCUT2D eigenvalue weighted by Gasteiger charge is 2.03. The van der Waals surface area contributed by atoms with Crippen LogP contribution in [0.3, 0.4) is 0 Å². The summed E-state index contributed by atoms with van der Waals surface area (Å²) < 4.78 is 0. The molecule has 0 bridgehead atoms.